The Morgan fingerprint density at radius 1 is 0.337 bits per heavy atom. The molecule has 0 bridgehead atoms. The Bertz CT molecular complexity index is 4290. The second-order valence-electron chi connectivity index (χ2n) is 21.3. The van der Waals surface area contributed by atoms with Crippen LogP contribution >= 0.6 is 0 Å². The third-order valence-electron chi connectivity index (χ3n) is 15.2. The molecule has 12 aromatic carbocycles. The van der Waals surface area contributed by atoms with Gasteiger partial charge in [0.1, 0.15) is 0 Å². The standard InChI is InChI=1S/C27H22.C23H18.C19H16.C13H11F7/c1-21(22-11-5-2-6-12-22)27(25-15-9-4-10-16-25)26-19-17-24(18-20-26)23-13-7-3-8-14-23;1-2-7-17-12-14-18(15-13-17)23-21-10-5-3-8-19(21)16-20-9-4-6-11-22(20)23;1-2-6-15-11-13-17(14-12-15)19-10-5-8-16-7-3-4-9-18(16)19;1-2-3-9-4-6-10(7-5-9)8-11(14,15)12(16,17)13(18,19)20/h2-20H,1H3;2-16H,1H3;2-14H,1H3;2-7H,8H2,1H3/b27-21-;;;. The normalized spacial score (nSPS) is 12.1. The molecule has 0 aliphatic rings. The van der Waals surface area contributed by atoms with Gasteiger partial charge >= 0.3 is 18.0 Å². The third-order valence-corrected chi connectivity index (χ3v) is 15.2. The fourth-order valence-electron chi connectivity index (χ4n) is 10.7. The number of benzene rings is 12. The van der Waals surface area contributed by atoms with E-state index in [1.54, 1.807) is 19.1 Å². The molecule has 0 saturated heterocycles. The summed E-state index contributed by atoms with van der Waals surface area (Å²) in [4.78, 5) is 0. The molecular weight excluding hydrogens is 1120 g/mol. The second-order valence-corrected chi connectivity index (χ2v) is 21.3. The quantitative estimate of drug-likeness (QED) is 0.0650. The molecule has 0 aromatic heterocycles. The Balaban J connectivity index is 0.000000142. The molecule has 444 valence electrons. The molecular formula is C82H67F7. The lowest BCUT2D eigenvalue weighted by atomic mass is 9.89. The molecule has 0 aliphatic carbocycles. The maximum atomic E-state index is 13.1. The first-order valence-electron chi connectivity index (χ1n) is 29.4. The molecule has 0 radical (unpaired) electrons. The minimum Gasteiger partial charge on any atom is -0.199 e. The summed E-state index contributed by atoms with van der Waals surface area (Å²) >= 11 is 0. The Kier molecular flexibility index (Phi) is 21.0. The number of fused-ring (bicyclic) bond motifs is 3. The van der Waals surface area contributed by atoms with Gasteiger partial charge in [-0.05, 0) is 150 Å². The first-order valence-corrected chi connectivity index (χ1v) is 29.4. The molecule has 0 amide bonds. The summed E-state index contributed by atoms with van der Waals surface area (Å²) in [6.45, 7) is 8.01. The van der Waals surface area contributed by atoms with Gasteiger partial charge in [-0.2, -0.15) is 30.7 Å². The van der Waals surface area contributed by atoms with Crippen LogP contribution < -0.4 is 0 Å². The van der Waals surface area contributed by atoms with Gasteiger partial charge in [0.05, 0.1) is 0 Å². The van der Waals surface area contributed by atoms with Crippen LogP contribution in [0.3, 0.4) is 0 Å². The lowest BCUT2D eigenvalue weighted by molar-refractivity contribution is -0.354. The fourth-order valence-corrected chi connectivity index (χ4v) is 10.7. The van der Waals surface area contributed by atoms with Gasteiger partial charge < -0.3 is 0 Å². The molecule has 0 heterocycles. The number of allylic oxidation sites excluding steroid dienone is 4. The predicted molar refractivity (Wildman–Crippen MR) is 363 cm³/mol. The summed E-state index contributed by atoms with van der Waals surface area (Å²) in [5, 5.41) is 7.80. The van der Waals surface area contributed by atoms with Gasteiger partial charge in [-0.3, -0.25) is 0 Å². The molecule has 0 spiro atoms. The van der Waals surface area contributed by atoms with Gasteiger partial charge in [0.15, 0.2) is 0 Å². The van der Waals surface area contributed by atoms with E-state index in [1.165, 1.54) is 117 Å². The zero-order valence-electron chi connectivity index (χ0n) is 50.0. The average Bonchev–Trinajstić information content (AvgIpc) is 2.18. The van der Waals surface area contributed by atoms with E-state index in [-0.39, 0.29) is 5.56 Å². The van der Waals surface area contributed by atoms with E-state index in [4.69, 9.17) is 0 Å². The van der Waals surface area contributed by atoms with Crippen LogP contribution in [0.2, 0.25) is 0 Å². The molecule has 7 heteroatoms. The van der Waals surface area contributed by atoms with Crippen molar-refractivity contribution in [2.75, 3.05) is 0 Å². The van der Waals surface area contributed by atoms with Crippen molar-refractivity contribution in [1.82, 2.24) is 0 Å². The van der Waals surface area contributed by atoms with Crippen molar-refractivity contribution < 1.29 is 30.7 Å². The van der Waals surface area contributed by atoms with Crippen LogP contribution in [0.15, 0.2) is 303 Å². The van der Waals surface area contributed by atoms with Crippen molar-refractivity contribution in [3.8, 4) is 33.4 Å². The largest absolute Gasteiger partial charge is 0.459 e. The number of rotatable bonds is 12. The van der Waals surface area contributed by atoms with Crippen molar-refractivity contribution >= 4 is 61.7 Å². The maximum absolute atomic E-state index is 13.1. The third kappa shape index (κ3) is 15.7. The molecule has 12 rings (SSSR count). The Morgan fingerprint density at radius 3 is 1.21 bits per heavy atom. The van der Waals surface area contributed by atoms with E-state index in [0.29, 0.717) is 5.56 Å². The maximum Gasteiger partial charge on any atom is 0.459 e. The monoisotopic (exact) mass is 1180 g/mol. The van der Waals surface area contributed by atoms with E-state index in [0.717, 1.165) is 12.1 Å². The number of alkyl halides is 7. The van der Waals surface area contributed by atoms with Crippen LogP contribution in [-0.2, 0) is 6.42 Å². The van der Waals surface area contributed by atoms with Crippen molar-refractivity contribution in [2.45, 2.75) is 52.1 Å². The molecule has 0 N–H and O–H groups in total. The minimum absolute atomic E-state index is 0.299. The molecule has 0 aliphatic heterocycles. The molecule has 0 unspecified atom stereocenters. The van der Waals surface area contributed by atoms with Crippen LogP contribution in [-0.4, -0.2) is 18.0 Å². The van der Waals surface area contributed by atoms with Crippen LogP contribution in [0.1, 0.15) is 66.6 Å². The predicted octanol–water partition coefficient (Wildman–Crippen LogP) is 24.7. The summed E-state index contributed by atoms with van der Waals surface area (Å²) in [7, 11) is 0. The van der Waals surface area contributed by atoms with Crippen LogP contribution in [0.25, 0.3) is 95.1 Å². The average molecular weight is 1190 g/mol. The molecule has 12 aromatic rings. The Hall–Kier alpha value is -10.1. The Morgan fingerprint density at radius 2 is 0.719 bits per heavy atom. The van der Waals surface area contributed by atoms with Gasteiger partial charge in [-0.1, -0.05) is 316 Å². The van der Waals surface area contributed by atoms with E-state index in [9.17, 15) is 30.7 Å². The van der Waals surface area contributed by atoms with E-state index in [2.05, 4.69) is 292 Å². The van der Waals surface area contributed by atoms with Crippen molar-refractivity contribution in [3.05, 3.63) is 342 Å². The minimum atomic E-state index is -6.29. The molecule has 0 atom stereocenters. The molecule has 0 nitrogen and oxygen atoms in total. The number of halogens is 7. The number of hydrogen-bond donors (Lipinski definition) is 0. The highest BCUT2D eigenvalue weighted by Gasteiger charge is 2.72. The SMILES string of the molecule is C/C(=C(\c1ccccc1)c1ccc(-c2ccccc2)cc1)c1ccccc1.CC=Cc1ccc(-c2c3ccccc3cc3ccccc23)cc1.CC=Cc1ccc(-c2cccc3ccccc23)cc1.CC=Cc1ccc(CC(F)(F)C(F)(F)C(F)(F)F)cc1. The first-order chi connectivity index (χ1) is 43.1. The number of hydrogen-bond acceptors (Lipinski definition) is 0. The van der Waals surface area contributed by atoms with Crippen molar-refractivity contribution in [3.63, 3.8) is 0 Å². The zero-order valence-corrected chi connectivity index (χ0v) is 50.0. The lowest BCUT2D eigenvalue weighted by Crippen LogP contribution is -2.53. The smallest absolute Gasteiger partial charge is 0.199 e. The summed E-state index contributed by atoms with van der Waals surface area (Å²) in [6, 6.07) is 97.7. The highest BCUT2D eigenvalue weighted by atomic mass is 19.4. The van der Waals surface area contributed by atoms with Crippen LogP contribution in [0, 0.1) is 0 Å². The van der Waals surface area contributed by atoms with Gasteiger partial charge in [0.25, 0.3) is 0 Å². The van der Waals surface area contributed by atoms with Crippen molar-refractivity contribution in [1.29, 1.82) is 0 Å². The van der Waals surface area contributed by atoms with Crippen molar-refractivity contribution in [2.24, 2.45) is 0 Å². The van der Waals surface area contributed by atoms with Gasteiger partial charge in [0.2, 0.25) is 0 Å². The fraction of sp³-hybridized carbons (Fsp3) is 0.0976. The molecule has 0 saturated carbocycles. The van der Waals surface area contributed by atoms with Gasteiger partial charge in [-0.25, -0.2) is 0 Å². The van der Waals surface area contributed by atoms with Gasteiger partial charge in [-0.15, -0.1) is 0 Å². The van der Waals surface area contributed by atoms with Gasteiger partial charge in [0, 0.05) is 6.42 Å². The van der Waals surface area contributed by atoms with E-state index >= 15 is 0 Å². The highest BCUT2D eigenvalue weighted by Crippen LogP contribution is 2.48. The molecule has 89 heavy (non-hydrogen) atoms. The van der Waals surface area contributed by atoms with Crippen LogP contribution in [0.4, 0.5) is 30.7 Å². The summed E-state index contributed by atoms with van der Waals surface area (Å²) in [6.07, 6.45) is 3.71. The molecule has 0 fully saturated rings. The van der Waals surface area contributed by atoms with E-state index < -0.39 is 24.4 Å². The second kappa shape index (κ2) is 29.5. The summed E-state index contributed by atoms with van der Waals surface area (Å²) < 4.78 is 87.6. The highest BCUT2D eigenvalue weighted by molar-refractivity contribution is 6.12. The van der Waals surface area contributed by atoms with E-state index in [1.807, 2.05) is 13.8 Å². The lowest BCUT2D eigenvalue weighted by Gasteiger charge is -2.28. The van der Waals surface area contributed by atoms with Crippen LogP contribution in [0.5, 0.6) is 0 Å². The first kappa shape index (κ1) is 63.4. The Labute approximate surface area is 517 Å². The zero-order chi connectivity index (χ0) is 62.8. The summed E-state index contributed by atoms with van der Waals surface area (Å²) in [5.41, 5.74) is 16.7. The summed E-state index contributed by atoms with van der Waals surface area (Å²) in [5.74, 6) is -11.3. The topological polar surface area (TPSA) is 0 Å².